The maximum Gasteiger partial charge on any atom is 0.416 e. The van der Waals surface area contributed by atoms with E-state index in [0.29, 0.717) is 18.6 Å². The van der Waals surface area contributed by atoms with E-state index in [0.717, 1.165) is 0 Å². The molecule has 0 aliphatic carbocycles. The first-order valence-electron chi connectivity index (χ1n) is 6.73. The van der Waals surface area contributed by atoms with Crippen LogP contribution < -0.4 is 4.90 Å². The van der Waals surface area contributed by atoms with E-state index < -0.39 is 29.4 Å². The Balaban J connectivity index is 2.33. The van der Waals surface area contributed by atoms with Crippen LogP contribution in [0, 0.1) is 5.92 Å². The summed E-state index contributed by atoms with van der Waals surface area (Å²) in [5.74, 6) is -1.34. The van der Waals surface area contributed by atoms with Gasteiger partial charge in [0.1, 0.15) is 0 Å². The molecule has 1 unspecified atom stereocenters. The van der Waals surface area contributed by atoms with E-state index in [4.69, 9.17) is 5.11 Å². The van der Waals surface area contributed by atoms with E-state index in [1.54, 1.807) is 0 Å². The predicted molar refractivity (Wildman–Crippen MR) is 69.0 cm³/mol. The minimum absolute atomic E-state index is 0.0777. The number of hydrogen-bond donors (Lipinski definition) is 1. The molecule has 1 aliphatic rings. The summed E-state index contributed by atoms with van der Waals surface area (Å²) in [7, 11) is 0. The largest absolute Gasteiger partial charge is 0.481 e. The average molecular weight is 341 g/mol. The second-order valence-electron chi connectivity index (χ2n) is 5.46. The smallest absolute Gasteiger partial charge is 0.416 e. The number of carbonyl (C=O) groups is 1. The maximum atomic E-state index is 12.8. The molecule has 0 amide bonds. The highest BCUT2D eigenvalue weighted by atomic mass is 19.4. The van der Waals surface area contributed by atoms with Crippen molar-refractivity contribution < 1.29 is 36.2 Å². The molecule has 0 radical (unpaired) electrons. The van der Waals surface area contributed by atoms with Gasteiger partial charge in [-0.2, -0.15) is 26.3 Å². The monoisotopic (exact) mass is 341 g/mol. The molecular weight excluding hydrogens is 328 g/mol. The minimum Gasteiger partial charge on any atom is -0.481 e. The van der Waals surface area contributed by atoms with Crippen LogP contribution in [0.15, 0.2) is 18.2 Å². The Morgan fingerprint density at radius 3 is 2.04 bits per heavy atom. The van der Waals surface area contributed by atoms with Gasteiger partial charge in [-0.25, -0.2) is 0 Å². The van der Waals surface area contributed by atoms with Crippen LogP contribution in [0.25, 0.3) is 0 Å². The Morgan fingerprint density at radius 2 is 1.61 bits per heavy atom. The van der Waals surface area contributed by atoms with E-state index >= 15 is 0 Å². The number of halogens is 6. The van der Waals surface area contributed by atoms with Crippen LogP contribution in [0.3, 0.4) is 0 Å². The lowest BCUT2D eigenvalue weighted by molar-refractivity contribution is -0.143. The summed E-state index contributed by atoms with van der Waals surface area (Å²) in [4.78, 5) is 12.0. The summed E-state index contributed by atoms with van der Waals surface area (Å²) in [5, 5.41) is 8.72. The van der Waals surface area contributed by atoms with Gasteiger partial charge in [0.2, 0.25) is 0 Å². The molecule has 9 heteroatoms. The zero-order valence-electron chi connectivity index (χ0n) is 11.7. The summed E-state index contributed by atoms with van der Waals surface area (Å²) in [6.45, 7) is 0.335. The summed E-state index contributed by atoms with van der Waals surface area (Å²) >= 11 is 0. The molecule has 1 aromatic rings. The van der Waals surface area contributed by atoms with Gasteiger partial charge < -0.3 is 10.0 Å². The SMILES string of the molecule is O=C(O)CC1CCN(c2cc(C(F)(F)F)cc(C(F)(F)F)c2)C1. The first-order chi connectivity index (χ1) is 10.5. The van der Waals surface area contributed by atoms with Crippen molar-refractivity contribution >= 4 is 11.7 Å². The van der Waals surface area contributed by atoms with Crippen molar-refractivity contribution in [3.8, 4) is 0 Å². The van der Waals surface area contributed by atoms with Crippen molar-refractivity contribution in [1.82, 2.24) is 0 Å². The third-order valence-electron chi connectivity index (χ3n) is 3.69. The number of anilines is 1. The van der Waals surface area contributed by atoms with Crippen LogP contribution in [-0.2, 0) is 17.1 Å². The lowest BCUT2D eigenvalue weighted by Gasteiger charge is -2.22. The van der Waals surface area contributed by atoms with Gasteiger partial charge in [-0.1, -0.05) is 0 Å². The van der Waals surface area contributed by atoms with Crippen LogP contribution >= 0.6 is 0 Å². The zero-order valence-corrected chi connectivity index (χ0v) is 11.7. The molecule has 1 aliphatic heterocycles. The molecule has 1 fully saturated rings. The molecule has 1 heterocycles. The molecule has 0 saturated carbocycles. The highest BCUT2D eigenvalue weighted by molar-refractivity contribution is 5.67. The molecule has 0 aromatic heterocycles. The maximum absolute atomic E-state index is 12.8. The third-order valence-corrected chi connectivity index (χ3v) is 3.69. The Bertz CT molecular complexity index is 564. The number of hydrogen-bond acceptors (Lipinski definition) is 2. The van der Waals surface area contributed by atoms with Crippen molar-refractivity contribution in [3.05, 3.63) is 29.3 Å². The number of aliphatic carboxylic acids is 1. The molecule has 1 N–H and O–H groups in total. The zero-order chi connectivity index (χ0) is 17.4. The first-order valence-corrected chi connectivity index (χ1v) is 6.73. The molecule has 2 rings (SSSR count). The Hall–Kier alpha value is -1.93. The first kappa shape index (κ1) is 17.4. The predicted octanol–water partition coefficient (Wildman–Crippen LogP) is 4.03. The summed E-state index contributed by atoms with van der Waals surface area (Å²) in [6.07, 6.45) is -9.54. The number of carboxylic acid groups (broad SMARTS) is 1. The molecule has 1 aromatic carbocycles. The van der Waals surface area contributed by atoms with Gasteiger partial charge in [0.15, 0.2) is 0 Å². The highest BCUT2D eigenvalue weighted by Gasteiger charge is 2.38. The van der Waals surface area contributed by atoms with Crippen molar-refractivity contribution in [3.63, 3.8) is 0 Å². The van der Waals surface area contributed by atoms with Gasteiger partial charge in [0.25, 0.3) is 0 Å². The van der Waals surface area contributed by atoms with Crippen molar-refractivity contribution in [1.29, 1.82) is 0 Å². The summed E-state index contributed by atoms with van der Waals surface area (Å²) in [5.41, 5.74) is -2.94. The fourth-order valence-electron chi connectivity index (χ4n) is 2.60. The van der Waals surface area contributed by atoms with Gasteiger partial charge in [0.05, 0.1) is 11.1 Å². The second-order valence-corrected chi connectivity index (χ2v) is 5.46. The van der Waals surface area contributed by atoms with E-state index in [-0.39, 0.29) is 37.2 Å². The van der Waals surface area contributed by atoms with Crippen LogP contribution in [-0.4, -0.2) is 24.2 Å². The van der Waals surface area contributed by atoms with Crippen LogP contribution in [0.2, 0.25) is 0 Å². The molecule has 128 valence electrons. The standard InChI is InChI=1S/C14H13F6NO2/c15-13(16,17)9-4-10(14(18,19)20)6-11(5-9)21-2-1-8(7-21)3-12(22)23/h4-6,8H,1-3,7H2,(H,22,23). The Labute approximate surface area is 127 Å². The number of nitrogens with zero attached hydrogens (tertiary/aromatic N) is 1. The van der Waals surface area contributed by atoms with Gasteiger partial charge >= 0.3 is 18.3 Å². The fraction of sp³-hybridized carbons (Fsp3) is 0.500. The average Bonchev–Trinajstić information content (AvgIpc) is 2.83. The number of alkyl halides is 6. The fourth-order valence-corrected chi connectivity index (χ4v) is 2.60. The normalized spacial score (nSPS) is 19.2. The molecule has 0 bridgehead atoms. The number of benzene rings is 1. The lowest BCUT2D eigenvalue weighted by Crippen LogP contribution is -2.22. The number of rotatable bonds is 3. The quantitative estimate of drug-likeness (QED) is 0.844. The van der Waals surface area contributed by atoms with Gasteiger partial charge in [-0.05, 0) is 30.5 Å². The van der Waals surface area contributed by atoms with Gasteiger partial charge in [0, 0.05) is 25.2 Å². The topological polar surface area (TPSA) is 40.5 Å². The molecule has 23 heavy (non-hydrogen) atoms. The van der Waals surface area contributed by atoms with E-state index in [9.17, 15) is 31.1 Å². The molecule has 1 atom stereocenters. The highest BCUT2D eigenvalue weighted by Crippen LogP contribution is 2.39. The van der Waals surface area contributed by atoms with Crippen molar-refractivity contribution in [2.45, 2.75) is 25.2 Å². The Kier molecular flexibility index (Phi) is 4.50. The van der Waals surface area contributed by atoms with Gasteiger partial charge in [-0.3, -0.25) is 4.79 Å². The molecular formula is C14H13F6NO2. The van der Waals surface area contributed by atoms with E-state index in [2.05, 4.69) is 0 Å². The molecule has 0 spiro atoms. The second kappa shape index (κ2) is 5.93. The van der Waals surface area contributed by atoms with Crippen LogP contribution in [0.1, 0.15) is 24.0 Å². The van der Waals surface area contributed by atoms with Crippen LogP contribution in [0.4, 0.5) is 32.0 Å². The van der Waals surface area contributed by atoms with Crippen molar-refractivity contribution in [2.75, 3.05) is 18.0 Å². The third kappa shape index (κ3) is 4.29. The number of carboxylic acids is 1. The Morgan fingerprint density at radius 1 is 1.09 bits per heavy atom. The molecule has 1 saturated heterocycles. The van der Waals surface area contributed by atoms with Crippen molar-refractivity contribution in [2.24, 2.45) is 5.92 Å². The summed E-state index contributed by atoms with van der Waals surface area (Å²) < 4.78 is 76.8. The van der Waals surface area contributed by atoms with Gasteiger partial charge in [-0.15, -0.1) is 0 Å². The minimum atomic E-state index is -4.89. The van der Waals surface area contributed by atoms with E-state index in [1.807, 2.05) is 0 Å². The molecule has 3 nitrogen and oxygen atoms in total. The summed E-state index contributed by atoms with van der Waals surface area (Å²) in [6, 6.07) is 1.41. The van der Waals surface area contributed by atoms with Crippen LogP contribution in [0.5, 0.6) is 0 Å². The lowest BCUT2D eigenvalue weighted by atomic mass is 10.1. The van der Waals surface area contributed by atoms with E-state index in [1.165, 1.54) is 4.90 Å².